The fourth-order valence-corrected chi connectivity index (χ4v) is 3.55. The van der Waals surface area contributed by atoms with Crippen molar-refractivity contribution >= 4 is 27.5 Å². The Labute approximate surface area is 176 Å². The lowest BCUT2D eigenvalue weighted by Crippen LogP contribution is -2.12. The highest BCUT2D eigenvalue weighted by atomic mass is 79.9. The number of carbonyl (C=O) groups excluding carboxylic acids is 1. The predicted molar refractivity (Wildman–Crippen MR) is 111 cm³/mol. The number of anilines is 1. The molecule has 0 aliphatic heterocycles. The summed E-state index contributed by atoms with van der Waals surface area (Å²) in [6, 6.07) is 11.2. The highest BCUT2D eigenvalue weighted by Gasteiger charge is 2.28. The summed E-state index contributed by atoms with van der Waals surface area (Å²) in [6.07, 6.45) is 2.21. The number of hydrogen-bond acceptors (Lipinski definition) is 6. The number of benzene rings is 2. The lowest BCUT2D eigenvalue weighted by molar-refractivity contribution is 0.102. The summed E-state index contributed by atoms with van der Waals surface area (Å²) in [5, 5.41) is 14.9. The molecule has 2 aromatic carbocycles. The van der Waals surface area contributed by atoms with E-state index in [2.05, 4.69) is 36.8 Å². The lowest BCUT2D eigenvalue weighted by Gasteiger charge is -2.13. The van der Waals surface area contributed by atoms with E-state index < -0.39 is 0 Å². The minimum Gasteiger partial charge on any atom is -0.493 e. The Morgan fingerprint density at radius 1 is 1.28 bits per heavy atom. The molecule has 9 heteroatoms. The minimum atomic E-state index is -0.248. The van der Waals surface area contributed by atoms with Gasteiger partial charge in [-0.3, -0.25) is 4.79 Å². The van der Waals surface area contributed by atoms with Gasteiger partial charge >= 0.3 is 0 Å². The number of hydrogen-bond donors (Lipinski definition) is 1. The topological polar surface area (TPSA) is 91.2 Å². The van der Waals surface area contributed by atoms with Crippen molar-refractivity contribution in [3.05, 3.63) is 46.4 Å². The zero-order valence-corrected chi connectivity index (χ0v) is 17.6. The van der Waals surface area contributed by atoms with Gasteiger partial charge in [-0.05, 0) is 82.5 Å². The first-order valence-electron chi connectivity index (χ1n) is 9.30. The molecule has 0 spiro atoms. The molecular formula is C20H20BrN5O3. The molecule has 150 valence electrons. The van der Waals surface area contributed by atoms with Crippen LogP contribution in [0.25, 0.3) is 11.4 Å². The van der Waals surface area contributed by atoms with Crippen molar-refractivity contribution in [3.8, 4) is 22.9 Å². The number of rotatable bonds is 7. The van der Waals surface area contributed by atoms with Gasteiger partial charge in [-0.15, -0.1) is 5.10 Å². The molecule has 4 rings (SSSR count). The molecule has 1 aromatic heterocycles. The number of amides is 1. The molecule has 0 bridgehead atoms. The monoisotopic (exact) mass is 457 g/mol. The van der Waals surface area contributed by atoms with Crippen molar-refractivity contribution in [2.45, 2.75) is 25.8 Å². The highest BCUT2D eigenvalue weighted by molar-refractivity contribution is 9.10. The van der Waals surface area contributed by atoms with Gasteiger partial charge in [0.15, 0.2) is 17.3 Å². The number of methoxy groups -OCH3 is 1. The van der Waals surface area contributed by atoms with E-state index in [1.165, 1.54) is 0 Å². The zero-order valence-electron chi connectivity index (χ0n) is 16.1. The normalized spacial score (nSPS) is 13.2. The minimum absolute atomic E-state index is 0.248. The van der Waals surface area contributed by atoms with Crippen LogP contribution in [0.15, 0.2) is 40.9 Å². The molecular weight excluding hydrogens is 438 g/mol. The van der Waals surface area contributed by atoms with Crippen LogP contribution < -0.4 is 14.8 Å². The summed E-state index contributed by atoms with van der Waals surface area (Å²) in [5.41, 5.74) is 2.04. The van der Waals surface area contributed by atoms with Gasteiger partial charge in [0.2, 0.25) is 0 Å². The van der Waals surface area contributed by atoms with E-state index in [-0.39, 0.29) is 5.91 Å². The summed E-state index contributed by atoms with van der Waals surface area (Å²) in [6.45, 7) is 2.39. The number of nitrogens with zero attached hydrogens (tertiary/aromatic N) is 4. The number of halogens is 1. The molecule has 29 heavy (non-hydrogen) atoms. The van der Waals surface area contributed by atoms with E-state index in [4.69, 9.17) is 9.47 Å². The van der Waals surface area contributed by atoms with Gasteiger partial charge in [0.25, 0.3) is 5.91 Å². The number of aromatic nitrogens is 4. The summed E-state index contributed by atoms with van der Waals surface area (Å²) >= 11 is 3.44. The summed E-state index contributed by atoms with van der Waals surface area (Å²) in [5.74, 6) is 1.56. The maximum absolute atomic E-state index is 12.7. The van der Waals surface area contributed by atoms with Gasteiger partial charge in [0.1, 0.15) is 0 Å². The molecule has 0 saturated heterocycles. The smallest absolute Gasteiger partial charge is 0.255 e. The molecule has 0 atom stereocenters. The second-order valence-electron chi connectivity index (χ2n) is 6.63. The second-order valence-corrected chi connectivity index (χ2v) is 7.49. The molecule has 3 aromatic rings. The van der Waals surface area contributed by atoms with Crippen LogP contribution in [0.5, 0.6) is 11.5 Å². The van der Waals surface area contributed by atoms with Crippen LogP contribution in [0, 0.1) is 0 Å². The van der Waals surface area contributed by atoms with E-state index in [0.717, 1.165) is 24.2 Å². The van der Waals surface area contributed by atoms with Crippen LogP contribution in [-0.2, 0) is 0 Å². The molecule has 0 radical (unpaired) electrons. The van der Waals surface area contributed by atoms with E-state index in [0.29, 0.717) is 39.9 Å². The maximum Gasteiger partial charge on any atom is 0.255 e. The molecule has 1 fully saturated rings. The van der Waals surface area contributed by atoms with Gasteiger partial charge in [-0.25, -0.2) is 4.68 Å². The van der Waals surface area contributed by atoms with Crippen molar-refractivity contribution in [3.63, 3.8) is 0 Å². The van der Waals surface area contributed by atoms with Crippen LogP contribution in [0.1, 0.15) is 36.2 Å². The predicted octanol–water partition coefficient (Wildman–Crippen LogP) is 4.10. The first-order valence-corrected chi connectivity index (χ1v) is 10.1. The van der Waals surface area contributed by atoms with E-state index in [1.807, 2.05) is 35.9 Å². The van der Waals surface area contributed by atoms with Gasteiger partial charge < -0.3 is 14.8 Å². The summed E-state index contributed by atoms with van der Waals surface area (Å²) in [7, 11) is 1.54. The average molecular weight is 458 g/mol. The second kappa shape index (κ2) is 8.20. The molecule has 1 aliphatic rings. The first kappa shape index (κ1) is 19.4. The Kier molecular flexibility index (Phi) is 5.48. The van der Waals surface area contributed by atoms with E-state index >= 15 is 0 Å². The molecule has 1 aliphatic carbocycles. The van der Waals surface area contributed by atoms with Crippen molar-refractivity contribution in [1.82, 2.24) is 20.2 Å². The van der Waals surface area contributed by atoms with Crippen molar-refractivity contribution < 1.29 is 14.3 Å². The van der Waals surface area contributed by atoms with Crippen molar-refractivity contribution in [1.29, 1.82) is 0 Å². The fraction of sp³-hybridized carbons (Fsp3) is 0.300. The summed E-state index contributed by atoms with van der Waals surface area (Å²) in [4.78, 5) is 12.7. The molecule has 1 amide bonds. The number of tetrazole rings is 1. The van der Waals surface area contributed by atoms with Crippen LogP contribution in [-0.4, -0.2) is 39.8 Å². The first-order chi connectivity index (χ1) is 14.1. The lowest BCUT2D eigenvalue weighted by atomic mass is 10.1. The number of ether oxygens (including phenoxy) is 2. The van der Waals surface area contributed by atoms with Crippen LogP contribution in [0.2, 0.25) is 0 Å². The van der Waals surface area contributed by atoms with E-state index in [1.54, 1.807) is 19.2 Å². The van der Waals surface area contributed by atoms with Crippen molar-refractivity contribution in [2.75, 3.05) is 19.0 Å². The third kappa shape index (κ3) is 4.09. The Bertz CT molecular complexity index is 1030. The Morgan fingerprint density at radius 3 is 2.69 bits per heavy atom. The van der Waals surface area contributed by atoms with Crippen LogP contribution in [0.3, 0.4) is 0 Å². The quantitative estimate of drug-likeness (QED) is 0.574. The Hall–Kier alpha value is -2.94. The molecule has 1 N–H and O–H groups in total. The molecule has 8 nitrogen and oxygen atoms in total. The third-order valence-electron chi connectivity index (χ3n) is 4.57. The number of nitrogens with one attached hydrogen (secondary N) is 1. The standard InChI is InChI=1S/C20H20BrN5O3/c1-3-29-18-16(21)10-13(11-17(18)28-2)20(27)22-14-6-4-12(5-7-14)19-23-24-25-26(19)15-8-9-15/h4-7,10-11,15H,3,8-9H2,1-2H3,(H,22,27). The third-order valence-corrected chi connectivity index (χ3v) is 5.16. The van der Waals surface area contributed by atoms with Gasteiger partial charge in [-0.1, -0.05) is 0 Å². The Balaban J connectivity index is 1.51. The van der Waals surface area contributed by atoms with Gasteiger partial charge in [-0.2, -0.15) is 0 Å². The largest absolute Gasteiger partial charge is 0.493 e. The van der Waals surface area contributed by atoms with Gasteiger partial charge in [0.05, 0.1) is 24.2 Å². The summed E-state index contributed by atoms with van der Waals surface area (Å²) < 4.78 is 13.4. The fourth-order valence-electron chi connectivity index (χ4n) is 2.99. The van der Waals surface area contributed by atoms with Crippen molar-refractivity contribution in [2.24, 2.45) is 0 Å². The van der Waals surface area contributed by atoms with Crippen LogP contribution in [0.4, 0.5) is 5.69 Å². The zero-order chi connectivity index (χ0) is 20.4. The molecule has 0 unspecified atom stereocenters. The average Bonchev–Trinajstić information content (AvgIpc) is 3.46. The molecule has 1 saturated carbocycles. The Morgan fingerprint density at radius 2 is 2.03 bits per heavy atom. The van der Waals surface area contributed by atoms with Gasteiger partial charge in [0, 0.05) is 16.8 Å². The maximum atomic E-state index is 12.7. The highest BCUT2D eigenvalue weighted by Crippen LogP contribution is 2.38. The van der Waals surface area contributed by atoms with Crippen LogP contribution >= 0.6 is 15.9 Å². The number of carbonyl (C=O) groups is 1. The SMILES string of the molecule is CCOc1c(Br)cc(C(=O)Nc2ccc(-c3nnnn3C3CC3)cc2)cc1OC. The van der Waals surface area contributed by atoms with E-state index in [9.17, 15) is 4.79 Å². The molecule has 1 heterocycles.